The molecule has 77 heavy (non-hydrogen) atoms. The molecule has 2 aromatic carbocycles. The van der Waals surface area contributed by atoms with Crippen LogP contribution in [0.5, 0.6) is 0 Å². The quantitative estimate of drug-likeness (QED) is 0.0625. The highest BCUT2D eigenvalue weighted by atomic mass is 79.9. The molecule has 0 amide bonds. The zero-order valence-electron chi connectivity index (χ0n) is 42.6. The lowest BCUT2D eigenvalue weighted by Crippen LogP contribution is -2.58. The van der Waals surface area contributed by atoms with Gasteiger partial charge in [-0.15, -0.1) is 0 Å². The Kier molecular flexibility index (Phi) is 21.4. The molecule has 0 radical (unpaired) electrons. The lowest BCUT2D eigenvalue weighted by atomic mass is 9.92. The minimum absolute atomic E-state index is 0.0587. The van der Waals surface area contributed by atoms with Gasteiger partial charge in [-0.25, -0.2) is 19.9 Å². The van der Waals surface area contributed by atoms with E-state index in [1.54, 1.807) is 0 Å². The summed E-state index contributed by atoms with van der Waals surface area (Å²) >= 11 is 34.8. The number of aromatic nitrogens is 8. The van der Waals surface area contributed by atoms with E-state index in [0.29, 0.717) is 77.0 Å². The lowest BCUT2D eigenvalue weighted by molar-refractivity contribution is -0.385. The number of nitrogens with one attached hydrogen (secondary N) is 2. The fraction of sp³-hybridized carbons (Fsp3) is 0.490. The van der Waals surface area contributed by atoms with Crippen molar-refractivity contribution in [2.24, 2.45) is 0 Å². The minimum Gasteiger partial charge on any atom is -0.353 e. The van der Waals surface area contributed by atoms with Crippen molar-refractivity contribution in [3.63, 3.8) is 0 Å². The molecule has 2 atom stereocenters. The average molecular weight is 1330 g/mol. The Labute approximate surface area is 492 Å². The van der Waals surface area contributed by atoms with Gasteiger partial charge in [-0.05, 0) is 119 Å². The molecule has 1 aliphatic carbocycles. The van der Waals surface area contributed by atoms with Crippen LogP contribution in [-0.2, 0) is 11.9 Å². The number of hydrogen-bond acceptors (Lipinski definition) is 15. The first-order valence-corrected chi connectivity index (χ1v) is 30.0. The number of alkyl halides is 1. The van der Waals surface area contributed by atoms with E-state index >= 15 is 0 Å². The molecule has 4 aliphatic rings. The second-order valence-corrected chi connectivity index (χ2v) is 23.2. The second kappa shape index (κ2) is 27.9. The zero-order valence-corrected chi connectivity index (χ0v) is 50.4. The van der Waals surface area contributed by atoms with Gasteiger partial charge in [0.25, 0.3) is 11.4 Å². The van der Waals surface area contributed by atoms with Crippen LogP contribution in [0.25, 0.3) is 22.8 Å². The van der Waals surface area contributed by atoms with Crippen molar-refractivity contribution < 1.29 is 9.85 Å². The largest absolute Gasteiger partial charge is 0.353 e. The molecule has 7 heterocycles. The van der Waals surface area contributed by atoms with Crippen molar-refractivity contribution in [1.82, 2.24) is 55.0 Å². The summed E-state index contributed by atoms with van der Waals surface area (Å²) in [6.07, 6.45) is 13.6. The molecule has 412 valence electrons. The smallest absolute Gasteiger partial charge is 0.289 e. The summed E-state index contributed by atoms with van der Waals surface area (Å²) in [7, 11) is 0. The van der Waals surface area contributed by atoms with Crippen LogP contribution in [0.3, 0.4) is 0 Å². The number of piperazine rings is 2. The van der Waals surface area contributed by atoms with Crippen LogP contribution < -0.4 is 9.80 Å². The fourth-order valence-electron chi connectivity index (χ4n) is 10.9. The molecular formula is C51H60Br3Cl4N15O4. The van der Waals surface area contributed by atoms with E-state index < -0.39 is 9.85 Å². The van der Waals surface area contributed by atoms with Gasteiger partial charge >= 0.3 is 0 Å². The zero-order chi connectivity index (χ0) is 54.8. The van der Waals surface area contributed by atoms with Gasteiger partial charge in [0.2, 0.25) is 0 Å². The highest BCUT2D eigenvalue weighted by Gasteiger charge is 2.36. The third-order valence-corrected chi connectivity index (χ3v) is 17.1. The molecule has 4 fully saturated rings. The fourth-order valence-corrected chi connectivity index (χ4v) is 12.8. The second-order valence-electron chi connectivity index (χ2n) is 19.4. The molecule has 0 bridgehead atoms. The van der Waals surface area contributed by atoms with Crippen molar-refractivity contribution in [3.05, 3.63) is 122 Å². The van der Waals surface area contributed by atoms with E-state index in [2.05, 4.69) is 133 Å². The van der Waals surface area contributed by atoms with E-state index in [1.807, 2.05) is 30.3 Å². The lowest BCUT2D eigenvalue weighted by Gasteiger charge is -2.47. The Bertz CT molecular complexity index is 2960. The van der Waals surface area contributed by atoms with Crippen molar-refractivity contribution in [1.29, 1.82) is 0 Å². The summed E-state index contributed by atoms with van der Waals surface area (Å²) < 4.78 is 1.20. The van der Waals surface area contributed by atoms with Crippen molar-refractivity contribution >= 4 is 117 Å². The van der Waals surface area contributed by atoms with Crippen molar-refractivity contribution in [3.8, 4) is 22.8 Å². The number of nitro groups is 2. The average Bonchev–Trinajstić information content (AvgIpc) is 4.09. The minimum atomic E-state index is -0.470. The third-order valence-electron chi connectivity index (χ3n) is 14.8. The predicted octanol–water partition coefficient (Wildman–Crippen LogP) is 13.1. The first-order chi connectivity index (χ1) is 37.1. The maximum Gasteiger partial charge on any atom is 0.289 e. The Morgan fingerprint density at radius 1 is 0.623 bits per heavy atom. The van der Waals surface area contributed by atoms with Gasteiger partial charge in [-0.3, -0.25) is 45.1 Å². The van der Waals surface area contributed by atoms with Crippen LogP contribution in [0.4, 0.5) is 23.0 Å². The number of halogens is 7. The normalized spacial score (nSPS) is 19.1. The molecule has 6 aromatic rings. The standard InChI is InChI=1S/C25H29BrCl2N8O2.C17H25ClN4O2.C9H6Br2ClN3/c1-2-18-15-34(24-22(28)12-20(13-29-24)36(37)38)9-10-35(18)19-5-7-33(8-6-19)14-16-3-4-17(27)11-21(16)23-30-25(26)32-31-23;1-2-13-12-20(8-9-21(13)14-6-4-3-5-7-14)17-16(18)10-15(11-19-17)22(23)24;10-4-5-1-2-6(12)3-7(5)8-13-9(11)15-14-8/h3-4,11-13,18-19H,2,5-10,14-15H2,1H3,(H,30,31,32);10-11,13-14H,2-9,12H2,1H3;1-3H,4H2,(H,13,14,15)/t18-;13-;/m00./s1. The van der Waals surface area contributed by atoms with Gasteiger partial charge in [0.15, 0.2) is 21.1 Å². The van der Waals surface area contributed by atoms with Gasteiger partial charge < -0.3 is 9.80 Å². The molecule has 4 aromatic heterocycles. The Morgan fingerprint density at radius 3 is 1.49 bits per heavy atom. The molecular weight excluding hydrogens is 1270 g/mol. The number of nitrogens with zero attached hydrogens (tertiary/aromatic N) is 13. The van der Waals surface area contributed by atoms with Gasteiger partial charge in [-0.1, -0.05) is 108 Å². The highest BCUT2D eigenvalue weighted by molar-refractivity contribution is 9.10. The summed E-state index contributed by atoms with van der Waals surface area (Å²) in [5.74, 6) is 2.57. The van der Waals surface area contributed by atoms with Crippen LogP contribution in [0, 0.1) is 20.2 Å². The summed E-state index contributed by atoms with van der Waals surface area (Å²) in [6, 6.07) is 16.5. The topological polar surface area (TPSA) is 211 Å². The van der Waals surface area contributed by atoms with Crippen LogP contribution in [0.15, 0.2) is 70.4 Å². The number of pyridine rings is 2. The molecule has 2 N–H and O–H groups in total. The number of anilines is 2. The number of benzene rings is 2. The maximum atomic E-state index is 11.0. The monoisotopic (exact) mass is 1320 g/mol. The van der Waals surface area contributed by atoms with Crippen LogP contribution in [-0.4, -0.2) is 141 Å². The number of hydrogen-bond donors (Lipinski definition) is 2. The third kappa shape index (κ3) is 15.2. The maximum absolute atomic E-state index is 11.0. The Morgan fingerprint density at radius 2 is 1.08 bits per heavy atom. The first-order valence-electron chi connectivity index (χ1n) is 25.8. The van der Waals surface area contributed by atoms with Crippen LogP contribution >= 0.6 is 94.2 Å². The number of aromatic amines is 2. The number of piperidine rings is 1. The predicted molar refractivity (Wildman–Crippen MR) is 315 cm³/mol. The molecule has 10 rings (SSSR count). The number of likely N-dealkylation sites (tertiary alicyclic amines) is 1. The van der Waals surface area contributed by atoms with Crippen LogP contribution in [0.2, 0.25) is 20.1 Å². The molecule has 0 spiro atoms. The summed E-state index contributed by atoms with van der Waals surface area (Å²) in [5.41, 5.74) is 3.99. The number of H-pyrrole nitrogens is 2. The molecule has 3 saturated heterocycles. The Hall–Kier alpha value is -4.10. The Balaban J connectivity index is 0.000000170. The van der Waals surface area contributed by atoms with Gasteiger partial charge in [0.05, 0.1) is 19.9 Å². The summed E-state index contributed by atoms with van der Waals surface area (Å²) in [5, 5.41) is 38.6. The van der Waals surface area contributed by atoms with E-state index in [9.17, 15) is 20.2 Å². The van der Waals surface area contributed by atoms with E-state index in [1.165, 1.54) is 56.6 Å². The van der Waals surface area contributed by atoms with Crippen molar-refractivity contribution in [2.45, 2.75) is 108 Å². The van der Waals surface area contributed by atoms with E-state index in [4.69, 9.17) is 46.4 Å². The van der Waals surface area contributed by atoms with E-state index in [0.717, 1.165) is 112 Å². The molecule has 19 nitrogen and oxygen atoms in total. The molecule has 1 saturated carbocycles. The van der Waals surface area contributed by atoms with Crippen LogP contribution in [0.1, 0.15) is 82.8 Å². The SMILES string of the molecule is CC[C@H]1CN(c2ncc([N+](=O)[O-])cc2Cl)CCN1C1CCCCC1.CC[C@H]1CN(c2ncc([N+](=O)[O-])cc2Cl)CCN1C1CCN(Cc2ccc(Cl)cc2-c2n[nH]c(Br)n2)CC1.Clc1ccc(CBr)c(-c2n[nH]c(Br)n2)c1. The van der Waals surface area contributed by atoms with Gasteiger partial charge in [0, 0.05) is 109 Å². The van der Waals surface area contributed by atoms with Gasteiger partial charge in [0.1, 0.15) is 24.0 Å². The summed E-state index contributed by atoms with van der Waals surface area (Å²) in [6.45, 7) is 12.6. The molecule has 26 heteroatoms. The summed E-state index contributed by atoms with van der Waals surface area (Å²) in [4.78, 5) is 50.3. The molecule has 3 aliphatic heterocycles. The van der Waals surface area contributed by atoms with Gasteiger partial charge in [-0.2, -0.15) is 10.2 Å². The highest BCUT2D eigenvalue weighted by Crippen LogP contribution is 2.35. The number of rotatable bonds is 13. The first kappa shape index (κ1) is 59.0. The van der Waals surface area contributed by atoms with E-state index in [-0.39, 0.29) is 11.4 Å². The molecule has 0 unspecified atom stereocenters. The van der Waals surface area contributed by atoms with Crippen molar-refractivity contribution in [2.75, 3.05) is 62.2 Å².